The van der Waals surface area contributed by atoms with Gasteiger partial charge < -0.3 is 25.0 Å². The molecule has 0 bridgehead atoms. The molecular formula is C23H28N6O5. The lowest BCUT2D eigenvalue weighted by molar-refractivity contribution is -0.143. The standard InChI is InChI=1S/C23H28N6O5/c1-4-15-11-16(28-8-9-34-21-18(22(28)31)20(24)25-13-26-21)10-14(3)19(15)29-7-6-27(23(29)32)12-17(30)33-5-2/h10-11,13H,4-9,12H2,1-3H3,(H2,24,25,26). The van der Waals surface area contributed by atoms with Gasteiger partial charge in [-0.15, -0.1) is 0 Å². The van der Waals surface area contributed by atoms with Gasteiger partial charge in [0.05, 0.1) is 18.8 Å². The molecule has 2 aromatic rings. The molecule has 2 aliphatic heterocycles. The van der Waals surface area contributed by atoms with E-state index in [1.54, 1.807) is 16.7 Å². The zero-order valence-electron chi connectivity index (χ0n) is 19.5. The van der Waals surface area contributed by atoms with Crippen LogP contribution < -0.4 is 20.3 Å². The Morgan fingerprint density at radius 3 is 2.68 bits per heavy atom. The molecule has 1 aromatic carbocycles. The van der Waals surface area contributed by atoms with E-state index in [0.29, 0.717) is 31.7 Å². The van der Waals surface area contributed by atoms with Crippen LogP contribution in [0.15, 0.2) is 18.5 Å². The van der Waals surface area contributed by atoms with Crippen LogP contribution in [0.3, 0.4) is 0 Å². The summed E-state index contributed by atoms with van der Waals surface area (Å²) in [6.45, 7) is 7.29. The Balaban J connectivity index is 1.64. The summed E-state index contributed by atoms with van der Waals surface area (Å²) in [6.07, 6.45) is 1.91. The van der Waals surface area contributed by atoms with Gasteiger partial charge in [-0.2, -0.15) is 0 Å². The quantitative estimate of drug-likeness (QED) is 0.635. The van der Waals surface area contributed by atoms with Crippen LogP contribution in [0.4, 0.5) is 22.0 Å². The van der Waals surface area contributed by atoms with E-state index in [2.05, 4.69) is 9.97 Å². The fraction of sp³-hybridized carbons (Fsp3) is 0.435. The maximum atomic E-state index is 13.3. The number of ether oxygens (including phenoxy) is 2. The van der Waals surface area contributed by atoms with Crippen molar-refractivity contribution < 1.29 is 23.9 Å². The fourth-order valence-corrected chi connectivity index (χ4v) is 4.35. The number of esters is 1. The molecule has 2 aliphatic rings. The van der Waals surface area contributed by atoms with Gasteiger partial charge in [-0.05, 0) is 43.5 Å². The molecule has 1 fully saturated rings. The van der Waals surface area contributed by atoms with E-state index in [-0.39, 0.29) is 49.0 Å². The highest BCUT2D eigenvalue weighted by atomic mass is 16.5. The molecular weight excluding hydrogens is 440 g/mol. The van der Waals surface area contributed by atoms with Crippen molar-refractivity contribution in [1.82, 2.24) is 14.9 Å². The Hall–Kier alpha value is -3.89. The van der Waals surface area contributed by atoms with Crippen molar-refractivity contribution in [3.8, 4) is 5.88 Å². The number of carbonyl (C=O) groups excluding carboxylic acids is 3. The molecule has 2 N–H and O–H groups in total. The lowest BCUT2D eigenvalue weighted by Gasteiger charge is -2.26. The number of fused-ring (bicyclic) bond motifs is 1. The third kappa shape index (κ3) is 4.20. The summed E-state index contributed by atoms with van der Waals surface area (Å²) in [5.74, 6) is -0.521. The van der Waals surface area contributed by atoms with Gasteiger partial charge in [0.2, 0.25) is 5.88 Å². The first kappa shape index (κ1) is 23.3. The van der Waals surface area contributed by atoms with Crippen molar-refractivity contribution in [3.05, 3.63) is 35.2 Å². The van der Waals surface area contributed by atoms with E-state index in [0.717, 1.165) is 16.8 Å². The SMILES string of the molecule is CCOC(=O)CN1CCN(c2c(C)cc(N3CCOc4ncnc(N)c4C3=O)cc2CC)C1=O. The van der Waals surface area contributed by atoms with Crippen molar-refractivity contribution in [2.75, 3.05) is 54.9 Å². The molecule has 0 spiro atoms. The van der Waals surface area contributed by atoms with Crippen molar-refractivity contribution >= 4 is 35.1 Å². The molecule has 3 amide bonds. The van der Waals surface area contributed by atoms with Gasteiger partial charge in [0, 0.05) is 18.8 Å². The van der Waals surface area contributed by atoms with Crippen molar-refractivity contribution in [3.63, 3.8) is 0 Å². The van der Waals surface area contributed by atoms with Crippen LogP contribution in [0.1, 0.15) is 35.3 Å². The van der Waals surface area contributed by atoms with Crippen LogP contribution >= 0.6 is 0 Å². The van der Waals surface area contributed by atoms with E-state index in [9.17, 15) is 14.4 Å². The minimum absolute atomic E-state index is 0.0651. The second kappa shape index (κ2) is 9.54. The summed E-state index contributed by atoms with van der Waals surface area (Å²) in [5.41, 5.74) is 9.33. The molecule has 0 saturated carbocycles. The molecule has 3 heterocycles. The highest BCUT2D eigenvalue weighted by molar-refractivity contribution is 6.11. The Morgan fingerprint density at radius 2 is 1.94 bits per heavy atom. The predicted molar refractivity (Wildman–Crippen MR) is 125 cm³/mol. The Morgan fingerprint density at radius 1 is 1.15 bits per heavy atom. The third-order valence-electron chi connectivity index (χ3n) is 5.90. The minimum Gasteiger partial charge on any atom is -0.475 e. The van der Waals surface area contributed by atoms with E-state index in [1.165, 1.54) is 11.2 Å². The second-order valence-electron chi connectivity index (χ2n) is 8.03. The molecule has 11 nitrogen and oxygen atoms in total. The smallest absolute Gasteiger partial charge is 0.325 e. The van der Waals surface area contributed by atoms with Crippen LogP contribution in [-0.4, -0.2) is 72.2 Å². The number of anilines is 3. The van der Waals surface area contributed by atoms with Crippen LogP contribution in [0.25, 0.3) is 0 Å². The third-order valence-corrected chi connectivity index (χ3v) is 5.90. The van der Waals surface area contributed by atoms with Crippen molar-refractivity contribution in [2.45, 2.75) is 27.2 Å². The molecule has 180 valence electrons. The zero-order valence-corrected chi connectivity index (χ0v) is 19.5. The number of aryl methyl sites for hydroxylation is 2. The van der Waals surface area contributed by atoms with Crippen molar-refractivity contribution in [1.29, 1.82) is 0 Å². The van der Waals surface area contributed by atoms with Crippen LogP contribution in [0, 0.1) is 6.92 Å². The molecule has 0 radical (unpaired) electrons. The Kier molecular flexibility index (Phi) is 6.53. The molecule has 1 saturated heterocycles. The second-order valence-corrected chi connectivity index (χ2v) is 8.03. The summed E-state index contributed by atoms with van der Waals surface area (Å²) in [5, 5.41) is 0. The summed E-state index contributed by atoms with van der Waals surface area (Å²) in [7, 11) is 0. The molecule has 0 aliphatic carbocycles. The minimum atomic E-state index is -0.425. The van der Waals surface area contributed by atoms with Gasteiger partial charge in [0.15, 0.2) is 0 Å². The average molecular weight is 469 g/mol. The number of nitrogen functional groups attached to an aromatic ring is 1. The summed E-state index contributed by atoms with van der Waals surface area (Å²) < 4.78 is 10.6. The van der Waals surface area contributed by atoms with Crippen LogP contribution in [0.2, 0.25) is 0 Å². The largest absolute Gasteiger partial charge is 0.475 e. The van der Waals surface area contributed by atoms with E-state index in [1.807, 2.05) is 26.0 Å². The monoisotopic (exact) mass is 468 g/mol. The molecule has 0 unspecified atom stereocenters. The number of nitrogens with zero attached hydrogens (tertiary/aromatic N) is 5. The number of hydrogen-bond donors (Lipinski definition) is 1. The number of benzene rings is 1. The fourth-order valence-electron chi connectivity index (χ4n) is 4.35. The van der Waals surface area contributed by atoms with Crippen molar-refractivity contribution in [2.24, 2.45) is 0 Å². The molecule has 0 atom stereocenters. The van der Waals surface area contributed by atoms with E-state index in [4.69, 9.17) is 15.2 Å². The van der Waals surface area contributed by atoms with Gasteiger partial charge in [0.1, 0.15) is 30.9 Å². The van der Waals surface area contributed by atoms with Gasteiger partial charge >= 0.3 is 12.0 Å². The first-order valence-corrected chi connectivity index (χ1v) is 11.3. The average Bonchev–Trinajstić information content (AvgIpc) is 3.05. The first-order chi connectivity index (χ1) is 16.3. The molecule has 1 aromatic heterocycles. The van der Waals surface area contributed by atoms with Gasteiger partial charge in [-0.25, -0.2) is 14.8 Å². The summed E-state index contributed by atoms with van der Waals surface area (Å²) in [4.78, 5) is 51.0. The van der Waals surface area contributed by atoms with E-state index < -0.39 is 5.97 Å². The van der Waals surface area contributed by atoms with E-state index >= 15 is 0 Å². The first-order valence-electron chi connectivity index (χ1n) is 11.3. The maximum absolute atomic E-state index is 13.3. The predicted octanol–water partition coefficient (Wildman–Crippen LogP) is 1.77. The number of rotatable bonds is 6. The number of carbonyl (C=O) groups is 3. The van der Waals surface area contributed by atoms with Gasteiger partial charge in [0.25, 0.3) is 5.91 Å². The number of hydrogen-bond acceptors (Lipinski definition) is 8. The molecule has 34 heavy (non-hydrogen) atoms. The highest BCUT2D eigenvalue weighted by Crippen LogP contribution is 2.35. The lowest BCUT2D eigenvalue weighted by Crippen LogP contribution is -2.36. The molecule has 11 heteroatoms. The zero-order chi connectivity index (χ0) is 24.4. The normalized spacial score (nSPS) is 15.8. The maximum Gasteiger partial charge on any atom is 0.325 e. The van der Waals surface area contributed by atoms with Gasteiger partial charge in [-0.3, -0.25) is 14.5 Å². The highest BCUT2D eigenvalue weighted by Gasteiger charge is 2.34. The summed E-state index contributed by atoms with van der Waals surface area (Å²) >= 11 is 0. The number of amides is 3. The molecule has 4 rings (SSSR count). The topological polar surface area (TPSA) is 131 Å². The Bertz CT molecular complexity index is 1140. The van der Waals surface area contributed by atoms with Gasteiger partial charge in [-0.1, -0.05) is 6.92 Å². The number of urea groups is 1. The number of aromatic nitrogens is 2. The Labute approximate surface area is 197 Å². The summed E-state index contributed by atoms with van der Waals surface area (Å²) in [6, 6.07) is 3.54. The van der Waals surface area contributed by atoms with Crippen LogP contribution in [-0.2, 0) is 16.0 Å². The van der Waals surface area contributed by atoms with Crippen LogP contribution in [0.5, 0.6) is 5.88 Å². The lowest BCUT2D eigenvalue weighted by atomic mass is 10.0. The number of nitrogens with two attached hydrogens (primary N) is 1.